The average Bonchev–Trinajstić information content (AvgIpc) is 2.46. The van der Waals surface area contributed by atoms with Crippen molar-refractivity contribution in [1.29, 1.82) is 5.26 Å². The molecule has 1 aliphatic heterocycles. The smallest absolute Gasteiger partial charge is 0.124 e. The van der Waals surface area contributed by atoms with Gasteiger partial charge in [-0.2, -0.15) is 5.26 Å². The average molecular weight is 283 g/mol. The van der Waals surface area contributed by atoms with Gasteiger partial charge in [-0.15, -0.1) is 0 Å². The number of nitrogens with zero attached hydrogens (tertiary/aromatic N) is 1. The highest BCUT2D eigenvalue weighted by atomic mass is 16.3. The van der Waals surface area contributed by atoms with Gasteiger partial charge in [0.05, 0.1) is 17.5 Å². The van der Waals surface area contributed by atoms with Gasteiger partial charge < -0.3 is 16.2 Å². The molecule has 0 spiro atoms. The lowest BCUT2D eigenvalue weighted by atomic mass is 9.90. The van der Waals surface area contributed by atoms with Gasteiger partial charge in [0.25, 0.3) is 0 Å². The van der Waals surface area contributed by atoms with Crippen LogP contribution in [0.25, 0.3) is 5.57 Å². The number of hydrogen-bond donors (Lipinski definition) is 3. The molecule has 1 aliphatic rings. The molecule has 0 aliphatic carbocycles. The molecule has 0 radical (unpaired) electrons. The highest BCUT2D eigenvalue weighted by Crippen LogP contribution is 2.35. The minimum absolute atomic E-state index is 0.145. The van der Waals surface area contributed by atoms with Gasteiger partial charge in [0.2, 0.25) is 0 Å². The Morgan fingerprint density at radius 1 is 1.33 bits per heavy atom. The van der Waals surface area contributed by atoms with E-state index in [1.54, 1.807) is 6.07 Å². The zero-order chi connectivity index (χ0) is 15.6. The van der Waals surface area contributed by atoms with Crippen LogP contribution in [0.5, 0.6) is 5.75 Å². The third kappa shape index (κ3) is 2.87. The molecule has 0 aromatic heterocycles. The zero-order valence-corrected chi connectivity index (χ0v) is 12.7. The first-order valence-corrected chi connectivity index (χ1v) is 7.10. The van der Waals surface area contributed by atoms with Crippen LogP contribution in [0.15, 0.2) is 29.1 Å². The van der Waals surface area contributed by atoms with Crippen LogP contribution < -0.4 is 11.1 Å². The molecule has 1 aromatic rings. The van der Waals surface area contributed by atoms with Crippen molar-refractivity contribution in [3.05, 3.63) is 45.8 Å². The van der Waals surface area contributed by atoms with E-state index < -0.39 is 0 Å². The van der Waals surface area contributed by atoms with Crippen molar-refractivity contribution in [2.45, 2.75) is 33.6 Å². The van der Waals surface area contributed by atoms with E-state index in [0.717, 1.165) is 53.1 Å². The molecule has 110 valence electrons. The van der Waals surface area contributed by atoms with Crippen LogP contribution in [0.4, 0.5) is 0 Å². The highest BCUT2D eigenvalue weighted by molar-refractivity contribution is 5.77. The van der Waals surface area contributed by atoms with Crippen molar-refractivity contribution >= 4 is 5.57 Å². The van der Waals surface area contributed by atoms with Gasteiger partial charge in [-0.1, -0.05) is 0 Å². The molecule has 21 heavy (non-hydrogen) atoms. The Balaban J connectivity index is 2.56. The van der Waals surface area contributed by atoms with E-state index in [2.05, 4.69) is 11.4 Å². The van der Waals surface area contributed by atoms with Crippen LogP contribution in [-0.2, 0) is 0 Å². The van der Waals surface area contributed by atoms with Gasteiger partial charge in [-0.25, -0.2) is 0 Å². The number of hydrogen-bond acceptors (Lipinski definition) is 4. The van der Waals surface area contributed by atoms with Crippen LogP contribution >= 0.6 is 0 Å². The van der Waals surface area contributed by atoms with Gasteiger partial charge in [0.15, 0.2) is 0 Å². The summed E-state index contributed by atoms with van der Waals surface area (Å²) in [6, 6.07) is 5.36. The molecule has 1 heterocycles. The fourth-order valence-corrected chi connectivity index (χ4v) is 2.85. The molecule has 4 heteroatoms. The maximum atomic E-state index is 10.2. The van der Waals surface area contributed by atoms with E-state index in [1.165, 1.54) is 6.07 Å². The first-order valence-electron chi connectivity index (χ1n) is 7.10. The monoisotopic (exact) mass is 283 g/mol. The summed E-state index contributed by atoms with van der Waals surface area (Å²) in [6.45, 7) is 6.83. The molecule has 2 rings (SSSR count). The van der Waals surface area contributed by atoms with Crippen molar-refractivity contribution in [3.8, 4) is 11.8 Å². The molecule has 4 N–H and O–H groups in total. The number of nitrogens with two attached hydrogens (primary N) is 1. The number of nitrogens with one attached hydrogen (secondary N) is 1. The topological polar surface area (TPSA) is 82.1 Å². The SMILES string of the molecule is C/C(C1=C(N)NCCC1)=C(/C)c1c(C)cc(C#N)cc1O. The van der Waals surface area contributed by atoms with Crippen LogP contribution in [0.3, 0.4) is 0 Å². The summed E-state index contributed by atoms with van der Waals surface area (Å²) in [7, 11) is 0. The summed E-state index contributed by atoms with van der Waals surface area (Å²) in [6.07, 6.45) is 2.00. The van der Waals surface area contributed by atoms with Crippen molar-refractivity contribution in [2.75, 3.05) is 6.54 Å². The summed E-state index contributed by atoms with van der Waals surface area (Å²) in [5.41, 5.74) is 11.4. The van der Waals surface area contributed by atoms with Crippen LogP contribution in [0.1, 0.15) is 43.4 Å². The molecule has 0 atom stereocenters. The molecule has 0 saturated heterocycles. The Bertz CT molecular complexity index is 655. The zero-order valence-electron chi connectivity index (χ0n) is 12.7. The largest absolute Gasteiger partial charge is 0.507 e. The predicted octanol–water partition coefficient (Wildman–Crippen LogP) is 2.92. The van der Waals surface area contributed by atoms with Crippen LogP contribution in [0.2, 0.25) is 0 Å². The summed E-state index contributed by atoms with van der Waals surface area (Å²) in [5.74, 6) is 0.871. The standard InChI is InChI=1S/C17H21N3O/c1-10-7-13(9-18)8-15(21)16(10)12(3)11(2)14-5-4-6-20-17(14)19/h7-8,20-21H,4-6,19H2,1-3H3/b12-11+. The Morgan fingerprint density at radius 3 is 2.62 bits per heavy atom. The van der Waals surface area contributed by atoms with E-state index in [9.17, 15) is 5.11 Å². The molecule has 4 nitrogen and oxygen atoms in total. The van der Waals surface area contributed by atoms with Crippen LogP contribution in [-0.4, -0.2) is 11.7 Å². The summed E-state index contributed by atoms with van der Waals surface area (Å²) >= 11 is 0. The second kappa shape index (κ2) is 5.92. The first-order chi connectivity index (χ1) is 9.95. The predicted molar refractivity (Wildman–Crippen MR) is 84.3 cm³/mol. The van der Waals surface area contributed by atoms with Crippen molar-refractivity contribution in [2.24, 2.45) is 5.73 Å². The van der Waals surface area contributed by atoms with Crippen molar-refractivity contribution < 1.29 is 5.11 Å². The number of aryl methyl sites for hydroxylation is 1. The number of aromatic hydroxyl groups is 1. The molecular formula is C17H21N3O. The van der Waals surface area contributed by atoms with Gasteiger partial charge in [0.1, 0.15) is 5.75 Å². The van der Waals surface area contributed by atoms with Crippen LogP contribution in [0, 0.1) is 18.3 Å². The summed E-state index contributed by atoms with van der Waals surface area (Å²) in [4.78, 5) is 0. The maximum absolute atomic E-state index is 10.2. The van der Waals surface area contributed by atoms with Crippen molar-refractivity contribution in [1.82, 2.24) is 5.32 Å². The van der Waals surface area contributed by atoms with Gasteiger partial charge in [-0.05, 0) is 68.0 Å². The molecule has 0 amide bonds. The highest BCUT2D eigenvalue weighted by Gasteiger charge is 2.17. The van der Waals surface area contributed by atoms with E-state index in [0.29, 0.717) is 5.56 Å². The molecule has 0 unspecified atom stereocenters. The van der Waals surface area contributed by atoms with Gasteiger partial charge >= 0.3 is 0 Å². The molecule has 0 fully saturated rings. The minimum Gasteiger partial charge on any atom is -0.507 e. The lowest BCUT2D eigenvalue weighted by molar-refractivity contribution is 0.473. The maximum Gasteiger partial charge on any atom is 0.124 e. The fraction of sp³-hybridized carbons (Fsp3) is 0.353. The second-order valence-corrected chi connectivity index (χ2v) is 5.47. The van der Waals surface area contributed by atoms with E-state index in [-0.39, 0.29) is 5.75 Å². The number of allylic oxidation sites excluding steroid dienone is 3. The van der Waals surface area contributed by atoms with E-state index in [4.69, 9.17) is 11.0 Å². The normalized spacial score (nSPS) is 16.1. The van der Waals surface area contributed by atoms with Crippen molar-refractivity contribution in [3.63, 3.8) is 0 Å². The number of rotatable bonds is 2. The molecule has 0 saturated carbocycles. The number of nitriles is 1. The Hall–Kier alpha value is -2.41. The quantitative estimate of drug-likeness (QED) is 0.779. The Kier molecular flexibility index (Phi) is 4.23. The number of phenols is 1. The Morgan fingerprint density at radius 2 is 2.05 bits per heavy atom. The van der Waals surface area contributed by atoms with Gasteiger partial charge in [-0.3, -0.25) is 0 Å². The number of phenolic OH excluding ortho intramolecular Hbond substituents is 1. The summed E-state index contributed by atoms with van der Waals surface area (Å²) in [5, 5.41) is 22.4. The molecule has 1 aromatic carbocycles. The molecular weight excluding hydrogens is 262 g/mol. The Labute approximate surface area is 125 Å². The third-order valence-electron chi connectivity index (χ3n) is 4.08. The van der Waals surface area contributed by atoms with E-state index >= 15 is 0 Å². The third-order valence-corrected chi connectivity index (χ3v) is 4.08. The minimum atomic E-state index is 0.145. The number of benzene rings is 1. The lowest BCUT2D eigenvalue weighted by Crippen LogP contribution is -2.27. The van der Waals surface area contributed by atoms with E-state index in [1.807, 2.05) is 20.8 Å². The fourth-order valence-electron chi connectivity index (χ4n) is 2.85. The molecule has 0 bridgehead atoms. The second-order valence-electron chi connectivity index (χ2n) is 5.47. The first kappa shape index (κ1) is 15.0. The lowest BCUT2D eigenvalue weighted by Gasteiger charge is -2.22. The summed E-state index contributed by atoms with van der Waals surface area (Å²) < 4.78 is 0. The van der Waals surface area contributed by atoms with Gasteiger partial charge in [0, 0.05) is 12.1 Å².